The molecule has 0 amide bonds. The van der Waals surface area contributed by atoms with Gasteiger partial charge in [-0.05, 0) is 25.1 Å². The van der Waals surface area contributed by atoms with Crippen molar-refractivity contribution in [2.75, 3.05) is 24.2 Å². The van der Waals surface area contributed by atoms with E-state index in [0.717, 1.165) is 23.5 Å². The largest absolute Gasteiger partial charge is 0.388 e. The molecule has 3 N–H and O–H groups in total. The third-order valence-electron chi connectivity index (χ3n) is 1.86. The van der Waals surface area contributed by atoms with E-state index >= 15 is 0 Å². The Hall–Kier alpha value is -1.51. The minimum Gasteiger partial charge on any atom is -0.388 e. The summed E-state index contributed by atoms with van der Waals surface area (Å²) in [6.45, 7) is 2.95. The average Bonchev–Trinajstić information content (AvgIpc) is 2.18. The third-order valence-corrected chi connectivity index (χ3v) is 1.86. The van der Waals surface area contributed by atoms with E-state index in [-0.39, 0.29) is 0 Å². The number of hydrogen-bond donors (Lipinski definition) is 3. The molecule has 0 unspecified atom stereocenters. The van der Waals surface area contributed by atoms with Gasteiger partial charge < -0.3 is 16.0 Å². The Morgan fingerprint density at radius 2 is 2.23 bits per heavy atom. The molecule has 0 aromatic heterocycles. The van der Waals surface area contributed by atoms with Crippen molar-refractivity contribution < 1.29 is 0 Å². The SMILES string of the molecule is CCNc1ccc(NC)c(C=N)c1. The lowest BCUT2D eigenvalue weighted by Gasteiger charge is -2.08. The van der Waals surface area contributed by atoms with E-state index in [9.17, 15) is 0 Å². The van der Waals surface area contributed by atoms with Crippen LogP contribution in [0, 0.1) is 5.41 Å². The molecule has 3 heteroatoms. The molecule has 70 valence electrons. The number of nitrogens with one attached hydrogen (secondary N) is 3. The second-order valence-electron chi connectivity index (χ2n) is 2.73. The molecule has 0 spiro atoms. The van der Waals surface area contributed by atoms with Crippen molar-refractivity contribution in [1.29, 1.82) is 5.41 Å². The number of benzene rings is 1. The summed E-state index contributed by atoms with van der Waals surface area (Å²) in [6, 6.07) is 5.93. The molecule has 0 radical (unpaired) electrons. The van der Waals surface area contributed by atoms with Crippen molar-refractivity contribution in [2.45, 2.75) is 6.92 Å². The summed E-state index contributed by atoms with van der Waals surface area (Å²) in [5.41, 5.74) is 2.94. The quantitative estimate of drug-likeness (QED) is 0.617. The minimum atomic E-state index is 0.899. The molecule has 0 bridgehead atoms. The summed E-state index contributed by atoms with van der Waals surface area (Å²) >= 11 is 0. The summed E-state index contributed by atoms with van der Waals surface area (Å²) in [5.74, 6) is 0. The molecule has 3 nitrogen and oxygen atoms in total. The second kappa shape index (κ2) is 4.50. The first-order valence-corrected chi connectivity index (χ1v) is 4.38. The van der Waals surface area contributed by atoms with Crippen LogP contribution in [0.25, 0.3) is 0 Å². The number of rotatable bonds is 4. The highest BCUT2D eigenvalue weighted by atomic mass is 14.9. The van der Waals surface area contributed by atoms with E-state index in [1.54, 1.807) is 0 Å². The van der Waals surface area contributed by atoms with Gasteiger partial charge in [-0.2, -0.15) is 0 Å². The van der Waals surface area contributed by atoms with Crippen molar-refractivity contribution >= 4 is 17.6 Å². The Bertz CT molecular complexity index is 294. The molecule has 1 rings (SSSR count). The van der Waals surface area contributed by atoms with Gasteiger partial charge in [-0.25, -0.2) is 0 Å². The van der Waals surface area contributed by atoms with Gasteiger partial charge in [0.15, 0.2) is 0 Å². The zero-order valence-electron chi connectivity index (χ0n) is 8.02. The van der Waals surface area contributed by atoms with Crippen LogP contribution in [-0.4, -0.2) is 19.8 Å². The maximum absolute atomic E-state index is 7.22. The maximum Gasteiger partial charge on any atom is 0.0428 e. The fourth-order valence-electron chi connectivity index (χ4n) is 1.22. The molecule has 0 heterocycles. The van der Waals surface area contributed by atoms with Crippen LogP contribution in [0.15, 0.2) is 18.2 Å². The smallest absolute Gasteiger partial charge is 0.0428 e. The summed E-state index contributed by atoms with van der Waals surface area (Å²) in [5, 5.41) is 13.5. The van der Waals surface area contributed by atoms with Gasteiger partial charge in [-0.1, -0.05) is 0 Å². The van der Waals surface area contributed by atoms with Crippen LogP contribution in [0.4, 0.5) is 11.4 Å². The fourth-order valence-corrected chi connectivity index (χ4v) is 1.22. The number of hydrogen-bond acceptors (Lipinski definition) is 3. The van der Waals surface area contributed by atoms with E-state index in [2.05, 4.69) is 17.6 Å². The van der Waals surface area contributed by atoms with Crippen LogP contribution in [0.5, 0.6) is 0 Å². The topological polar surface area (TPSA) is 47.9 Å². The van der Waals surface area contributed by atoms with Crippen molar-refractivity contribution in [3.05, 3.63) is 23.8 Å². The van der Waals surface area contributed by atoms with E-state index in [1.165, 1.54) is 6.21 Å². The predicted octanol–water partition coefficient (Wildman–Crippen LogP) is 2.16. The molecule has 0 aliphatic heterocycles. The van der Waals surface area contributed by atoms with Gasteiger partial charge in [0.25, 0.3) is 0 Å². The molecule has 0 atom stereocenters. The molecule has 0 aliphatic rings. The lowest BCUT2D eigenvalue weighted by Crippen LogP contribution is -1.99. The van der Waals surface area contributed by atoms with Gasteiger partial charge in [-0.15, -0.1) is 0 Å². The monoisotopic (exact) mass is 177 g/mol. The molecule has 1 aromatic rings. The Kier molecular flexibility index (Phi) is 3.31. The highest BCUT2D eigenvalue weighted by Crippen LogP contribution is 2.18. The Labute approximate surface area is 78.7 Å². The molecule has 0 fully saturated rings. The Morgan fingerprint density at radius 3 is 2.77 bits per heavy atom. The standard InChI is InChI=1S/C10H15N3/c1-3-13-9-4-5-10(12-2)8(6-9)7-11/h4-7,11-13H,3H2,1-2H3. The van der Waals surface area contributed by atoms with Crippen LogP contribution < -0.4 is 10.6 Å². The van der Waals surface area contributed by atoms with Crippen molar-refractivity contribution in [1.82, 2.24) is 0 Å². The second-order valence-corrected chi connectivity index (χ2v) is 2.73. The average molecular weight is 177 g/mol. The summed E-state index contributed by atoms with van der Waals surface area (Å²) in [4.78, 5) is 0. The van der Waals surface area contributed by atoms with Crippen LogP contribution in [0.3, 0.4) is 0 Å². The highest BCUT2D eigenvalue weighted by Gasteiger charge is 1.98. The lowest BCUT2D eigenvalue weighted by molar-refractivity contribution is 1.21. The van der Waals surface area contributed by atoms with Crippen LogP contribution >= 0.6 is 0 Å². The molecule has 13 heavy (non-hydrogen) atoms. The van der Waals surface area contributed by atoms with Crippen LogP contribution in [-0.2, 0) is 0 Å². The zero-order valence-corrected chi connectivity index (χ0v) is 8.02. The minimum absolute atomic E-state index is 0.899. The highest BCUT2D eigenvalue weighted by molar-refractivity contribution is 5.87. The third kappa shape index (κ3) is 2.21. The number of anilines is 2. The lowest BCUT2D eigenvalue weighted by atomic mass is 10.1. The predicted molar refractivity (Wildman–Crippen MR) is 58.0 cm³/mol. The van der Waals surface area contributed by atoms with Crippen LogP contribution in [0.1, 0.15) is 12.5 Å². The molecular weight excluding hydrogens is 162 g/mol. The van der Waals surface area contributed by atoms with Gasteiger partial charge in [-0.3, -0.25) is 0 Å². The van der Waals surface area contributed by atoms with Gasteiger partial charge in [0.2, 0.25) is 0 Å². The maximum atomic E-state index is 7.22. The van der Waals surface area contributed by atoms with Crippen LogP contribution in [0.2, 0.25) is 0 Å². The summed E-state index contributed by atoms with van der Waals surface area (Å²) < 4.78 is 0. The van der Waals surface area contributed by atoms with Crippen molar-refractivity contribution in [3.8, 4) is 0 Å². The van der Waals surface area contributed by atoms with Gasteiger partial charge >= 0.3 is 0 Å². The summed E-state index contributed by atoms with van der Waals surface area (Å²) in [7, 11) is 1.86. The molecule has 0 saturated heterocycles. The van der Waals surface area contributed by atoms with E-state index < -0.39 is 0 Å². The fraction of sp³-hybridized carbons (Fsp3) is 0.300. The normalized spacial score (nSPS) is 9.38. The molecular formula is C10H15N3. The van der Waals surface area contributed by atoms with Gasteiger partial charge in [0.1, 0.15) is 0 Å². The molecule has 0 aliphatic carbocycles. The first-order valence-electron chi connectivity index (χ1n) is 4.38. The Balaban J connectivity index is 2.98. The molecule has 0 saturated carbocycles. The van der Waals surface area contributed by atoms with Gasteiger partial charge in [0.05, 0.1) is 0 Å². The van der Waals surface area contributed by atoms with E-state index in [1.807, 2.05) is 25.2 Å². The van der Waals surface area contributed by atoms with E-state index in [0.29, 0.717) is 0 Å². The first kappa shape index (κ1) is 9.58. The van der Waals surface area contributed by atoms with Crippen molar-refractivity contribution in [2.24, 2.45) is 0 Å². The Morgan fingerprint density at radius 1 is 1.46 bits per heavy atom. The summed E-state index contributed by atoms with van der Waals surface area (Å²) in [6.07, 6.45) is 1.35. The van der Waals surface area contributed by atoms with Crippen molar-refractivity contribution in [3.63, 3.8) is 0 Å². The van der Waals surface area contributed by atoms with E-state index in [4.69, 9.17) is 5.41 Å². The van der Waals surface area contributed by atoms with Gasteiger partial charge in [0, 0.05) is 36.7 Å². The zero-order chi connectivity index (χ0) is 9.68. The molecule has 1 aromatic carbocycles. The first-order chi connectivity index (χ1) is 6.31.